The Bertz CT molecular complexity index is 460. The Kier molecular flexibility index (Phi) is 4.77. The first-order valence-electron chi connectivity index (χ1n) is 8.31. The first kappa shape index (κ1) is 14.8. The fraction of sp³-hybridized carbons (Fsp3) is 0.667. The molecule has 0 radical (unpaired) electrons. The van der Waals surface area contributed by atoms with Crippen LogP contribution in [-0.4, -0.2) is 6.61 Å². The summed E-state index contributed by atoms with van der Waals surface area (Å²) in [4.78, 5) is 0. The van der Waals surface area contributed by atoms with Crippen molar-refractivity contribution >= 4 is 0 Å². The Morgan fingerprint density at radius 3 is 2.29 bits per heavy atom. The van der Waals surface area contributed by atoms with Crippen molar-refractivity contribution in [2.24, 2.45) is 17.8 Å². The molecule has 21 heavy (non-hydrogen) atoms. The maximum absolute atomic E-state index is 13.5. The molecule has 3 heteroatoms. The van der Waals surface area contributed by atoms with E-state index in [2.05, 4.69) is 0 Å². The molecule has 0 amide bonds. The van der Waals surface area contributed by atoms with Gasteiger partial charge in [-0.1, -0.05) is 31.7 Å². The van der Waals surface area contributed by atoms with Crippen molar-refractivity contribution in [1.82, 2.24) is 0 Å². The zero-order valence-electron chi connectivity index (χ0n) is 12.5. The molecule has 0 unspecified atom stereocenters. The van der Waals surface area contributed by atoms with E-state index in [1.165, 1.54) is 50.7 Å². The molecule has 1 nitrogen and oxygen atoms in total. The highest BCUT2D eigenvalue weighted by molar-refractivity contribution is 5.25. The van der Waals surface area contributed by atoms with Crippen LogP contribution in [0.25, 0.3) is 0 Å². The van der Waals surface area contributed by atoms with Gasteiger partial charge in [0.1, 0.15) is 0 Å². The highest BCUT2D eigenvalue weighted by Crippen LogP contribution is 2.40. The molecule has 2 aliphatic rings. The lowest BCUT2D eigenvalue weighted by molar-refractivity contribution is 0.151. The van der Waals surface area contributed by atoms with Crippen molar-refractivity contribution in [3.8, 4) is 5.75 Å². The second-order valence-corrected chi connectivity index (χ2v) is 6.69. The van der Waals surface area contributed by atoms with Gasteiger partial charge in [-0.05, 0) is 55.6 Å². The second-order valence-electron chi connectivity index (χ2n) is 6.69. The Labute approximate surface area is 125 Å². The van der Waals surface area contributed by atoms with E-state index in [4.69, 9.17) is 4.74 Å². The van der Waals surface area contributed by atoms with E-state index in [9.17, 15) is 8.78 Å². The summed E-state index contributed by atoms with van der Waals surface area (Å²) in [5.41, 5.74) is 0. The van der Waals surface area contributed by atoms with E-state index < -0.39 is 11.6 Å². The Morgan fingerprint density at radius 1 is 0.905 bits per heavy atom. The van der Waals surface area contributed by atoms with Gasteiger partial charge < -0.3 is 4.74 Å². The second kappa shape index (κ2) is 6.76. The smallest absolute Gasteiger partial charge is 0.200 e. The van der Waals surface area contributed by atoms with Crippen LogP contribution < -0.4 is 4.74 Å². The van der Waals surface area contributed by atoms with Crippen LogP contribution in [0.1, 0.15) is 51.4 Å². The lowest BCUT2D eigenvalue weighted by Gasteiger charge is -2.32. The standard InChI is InChI=1S/C18H24F2O/c19-16-6-3-7-17(18(16)20)21-12-13-8-10-15(11-9-13)14-4-1-2-5-14/h3,6-7,13-15H,1-2,4-5,8-12H2. The van der Waals surface area contributed by atoms with E-state index in [-0.39, 0.29) is 5.75 Å². The minimum Gasteiger partial charge on any atom is -0.490 e. The van der Waals surface area contributed by atoms with Gasteiger partial charge >= 0.3 is 0 Å². The summed E-state index contributed by atoms with van der Waals surface area (Å²) in [7, 11) is 0. The molecule has 0 N–H and O–H groups in total. The third kappa shape index (κ3) is 3.56. The Hall–Kier alpha value is -1.12. The molecular weight excluding hydrogens is 270 g/mol. The molecular formula is C18H24F2O. The summed E-state index contributed by atoms with van der Waals surface area (Å²) in [5.74, 6) is 0.690. The molecule has 1 aromatic rings. The zero-order chi connectivity index (χ0) is 14.7. The third-order valence-electron chi connectivity index (χ3n) is 5.35. The van der Waals surface area contributed by atoms with Gasteiger partial charge in [0.05, 0.1) is 6.61 Å². The van der Waals surface area contributed by atoms with Crippen molar-refractivity contribution < 1.29 is 13.5 Å². The van der Waals surface area contributed by atoms with Crippen LogP contribution in [0.5, 0.6) is 5.75 Å². The van der Waals surface area contributed by atoms with Gasteiger partial charge in [-0.25, -0.2) is 4.39 Å². The first-order chi connectivity index (χ1) is 10.2. The quantitative estimate of drug-likeness (QED) is 0.728. The number of hydrogen-bond donors (Lipinski definition) is 0. The summed E-state index contributed by atoms with van der Waals surface area (Å²) >= 11 is 0. The van der Waals surface area contributed by atoms with Crippen molar-refractivity contribution in [2.75, 3.05) is 6.61 Å². The van der Waals surface area contributed by atoms with E-state index in [0.717, 1.165) is 30.7 Å². The van der Waals surface area contributed by atoms with Gasteiger partial charge in [0, 0.05) is 0 Å². The fourth-order valence-electron chi connectivity index (χ4n) is 4.06. The maximum Gasteiger partial charge on any atom is 0.200 e. The molecule has 0 aliphatic heterocycles. The molecule has 1 aromatic carbocycles. The van der Waals surface area contributed by atoms with Crippen LogP contribution in [0.2, 0.25) is 0 Å². The van der Waals surface area contributed by atoms with E-state index in [1.54, 1.807) is 0 Å². The van der Waals surface area contributed by atoms with Crippen LogP contribution in [-0.2, 0) is 0 Å². The van der Waals surface area contributed by atoms with Crippen LogP contribution in [0.15, 0.2) is 18.2 Å². The molecule has 0 atom stereocenters. The highest BCUT2D eigenvalue weighted by Gasteiger charge is 2.29. The molecule has 0 heterocycles. The average Bonchev–Trinajstić information content (AvgIpc) is 3.04. The molecule has 2 saturated carbocycles. The number of halogens is 2. The van der Waals surface area contributed by atoms with Crippen LogP contribution >= 0.6 is 0 Å². The van der Waals surface area contributed by atoms with E-state index in [1.807, 2.05) is 0 Å². The van der Waals surface area contributed by atoms with Gasteiger partial charge in [0.25, 0.3) is 0 Å². The Morgan fingerprint density at radius 2 is 1.57 bits per heavy atom. The third-order valence-corrected chi connectivity index (χ3v) is 5.35. The number of benzene rings is 1. The molecule has 116 valence electrons. The van der Waals surface area contributed by atoms with E-state index >= 15 is 0 Å². The fourth-order valence-corrected chi connectivity index (χ4v) is 4.06. The molecule has 0 spiro atoms. The normalized spacial score (nSPS) is 27.0. The average molecular weight is 294 g/mol. The molecule has 3 rings (SSSR count). The molecule has 2 aliphatic carbocycles. The van der Waals surface area contributed by atoms with Crippen LogP contribution in [0.4, 0.5) is 8.78 Å². The summed E-state index contributed by atoms with van der Waals surface area (Å²) in [6.07, 6.45) is 10.5. The maximum atomic E-state index is 13.5. The topological polar surface area (TPSA) is 9.23 Å². The van der Waals surface area contributed by atoms with Crippen molar-refractivity contribution in [2.45, 2.75) is 51.4 Å². The zero-order valence-corrected chi connectivity index (χ0v) is 12.5. The van der Waals surface area contributed by atoms with Gasteiger partial charge in [-0.2, -0.15) is 4.39 Å². The van der Waals surface area contributed by atoms with E-state index in [0.29, 0.717) is 12.5 Å². The highest BCUT2D eigenvalue weighted by atomic mass is 19.2. The van der Waals surface area contributed by atoms with Crippen LogP contribution in [0, 0.1) is 29.4 Å². The Balaban J connectivity index is 1.46. The monoisotopic (exact) mass is 294 g/mol. The molecule has 2 fully saturated rings. The number of rotatable bonds is 4. The summed E-state index contributed by atoms with van der Waals surface area (Å²) in [6.45, 7) is 0.512. The van der Waals surface area contributed by atoms with Crippen molar-refractivity contribution in [3.05, 3.63) is 29.8 Å². The summed E-state index contributed by atoms with van der Waals surface area (Å²) < 4.78 is 32.1. The van der Waals surface area contributed by atoms with Gasteiger partial charge in [0.2, 0.25) is 5.82 Å². The predicted octanol–water partition coefficient (Wildman–Crippen LogP) is 5.34. The summed E-state index contributed by atoms with van der Waals surface area (Å²) in [5, 5.41) is 0. The van der Waals surface area contributed by atoms with Crippen LogP contribution in [0.3, 0.4) is 0 Å². The molecule has 0 bridgehead atoms. The van der Waals surface area contributed by atoms with Gasteiger partial charge in [0.15, 0.2) is 11.6 Å². The SMILES string of the molecule is Fc1cccc(OCC2CCC(C3CCCC3)CC2)c1F. The molecule has 0 saturated heterocycles. The predicted molar refractivity (Wildman–Crippen MR) is 79.3 cm³/mol. The van der Waals surface area contributed by atoms with Crippen molar-refractivity contribution in [1.29, 1.82) is 0 Å². The van der Waals surface area contributed by atoms with Gasteiger partial charge in [-0.3, -0.25) is 0 Å². The van der Waals surface area contributed by atoms with Gasteiger partial charge in [-0.15, -0.1) is 0 Å². The summed E-state index contributed by atoms with van der Waals surface area (Å²) in [6, 6.07) is 4.11. The first-order valence-corrected chi connectivity index (χ1v) is 8.31. The minimum atomic E-state index is -0.864. The lowest BCUT2D eigenvalue weighted by atomic mass is 9.75. The van der Waals surface area contributed by atoms with Crippen molar-refractivity contribution in [3.63, 3.8) is 0 Å². The largest absolute Gasteiger partial charge is 0.490 e. The number of ether oxygens (including phenoxy) is 1. The minimum absolute atomic E-state index is 0.0490. The molecule has 0 aromatic heterocycles. The number of hydrogen-bond acceptors (Lipinski definition) is 1. The lowest BCUT2D eigenvalue weighted by Crippen LogP contribution is -2.23.